The third-order valence-corrected chi connectivity index (χ3v) is 13.2. The Bertz CT molecular complexity index is 2410. The van der Waals surface area contributed by atoms with Crippen LogP contribution in [0.1, 0.15) is 0 Å². The number of benzene rings is 7. The molecule has 1 aliphatic heterocycles. The lowest BCUT2D eigenvalue weighted by Crippen LogP contribution is -2.58. The van der Waals surface area contributed by atoms with Gasteiger partial charge in [0.25, 0.3) is 0 Å². The quantitative estimate of drug-likeness (QED) is 0.148. The van der Waals surface area contributed by atoms with Crippen LogP contribution in [0, 0.1) is 0 Å². The van der Waals surface area contributed by atoms with E-state index < -0.39 is 8.07 Å². The van der Waals surface area contributed by atoms with Gasteiger partial charge in [-0.3, -0.25) is 0 Å². The summed E-state index contributed by atoms with van der Waals surface area (Å²) in [4.78, 5) is 13.0. The number of hydrogen-bond donors (Lipinski definition) is 0. The molecule has 0 bridgehead atoms. The van der Waals surface area contributed by atoms with Crippen LogP contribution < -0.4 is 15.3 Å². The van der Waals surface area contributed by atoms with Gasteiger partial charge in [-0.05, 0) is 69.0 Å². The highest BCUT2D eigenvalue weighted by atomic mass is 28.3. The first-order chi connectivity index (χ1) is 22.6. The van der Waals surface area contributed by atoms with E-state index in [0.717, 1.165) is 44.6 Å². The molecule has 8 aromatic rings. The van der Waals surface area contributed by atoms with Crippen molar-refractivity contribution in [3.63, 3.8) is 0 Å². The van der Waals surface area contributed by atoms with E-state index in [9.17, 15) is 0 Å². The Labute approximate surface area is 269 Å². The first-order valence-corrected chi connectivity index (χ1v) is 18.9. The van der Waals surface area contributed by atoms with Gasteiger partial charge in [0.15, 0.2) is 5.82 Å². The van der Waals surface area contributed by atoms with Gasteiger partial charge in [-0.15, -0.1) is 0 Å². The predicted octanol–water partition coefficient (Wildman–Crippen LogP) is 9.88. The van der Waals surface area contributed by atoms with Crippen LogP contribution in [0.2, 0.25) is 13.1 Å². The van der Waals surface area contributed by atoms with Gasteiger partial charge in [0, 0.05) is 39.0 Å². The fourth-order valence-electron chi connectivity index (χ4n) is 7.34. The van der Waals surface area contributed by atoms with Gasteiger partial charge in [0.2, 0.25) is 0 Å². The fraction of sp³-hybridized carbons (Fsp3) is 0.0476. The topological polar surface area (TPSA) is 29.0 Å². The van der Waals surface area contributed by atoms with E-state index in [1.54, 1.807) is 0 Å². The molecular formula is C42H31N3Si. The van der Waals surface area contributed by atoms with E-state index >= 15 is 0 Å². The normalized spacial score (nSPS) is 13.6. The summed E-state index contributed by atoms with van der Waals surface area (Å²) < 4.78 is 0. The van der Waals surface area contributed by atoms with Crippen molar-refractivity contribution in [3.05, 3.63) is 152 Å². The second kappa shape index (κ2) is 10.2. The van der Waals surface area contributed by atoms with Crippen molar-refractivity contribution >= 4 is 68.0 Å². The Balaban J connectivity index is 1.24. The van der Waals surface area contributed by atoms with Crippen molar-refractivity contribution < 1.29 is 0 Å². The van der Waals surface area contributed by atoms with Gasteiger partial charge >= 0.3 is 0 Å². The molecule has 9 rings (SSSR count). The molecular weight excluding hydrogens is 575 g/mol. The second-order valence-corrected chi connectivity index (χ2v) is 17.0. The molecule has 0 radical (unpaired) electrons. The second-order valence-electron chi connectivity index (χ2n) is 12.6. The summed E-state index contributed by atoms with van der Waals surface area (Å²) in [5.74, 6) is 0.728. The molecule has 0 spiro atoms. The van der Waals surface area contributed by atoms with Gasteiger partial charge in [0.1, 0.15) is 8.07 Å². The number of anilines is 3. The molecule has 0 fully saturated rings. The van der Waals surface area contributed by atoms with E-state index in [0.29, 0.717) is 0 Å². The van der Waals surface area contributed by atoms with E-state index in [1.165, 1.54) is 37.9 Å². The molecule has 0 saturated carbocycles. The summed E-state index contributed by atoms with van der Waals surface area (Å²) in [5, 5.41) is 8.68. The summed E-state index contributed by atoms with van der Waals surface area (Å²) >= 11 is 0. The van der Waals surface area contributed by atoms with Crippen molar-refractivity contribution in [2.75, 3.05) is 4.90 Å². The summed E-state index contributed by atoms with van der Waals surface area (Å²) in [6, 6.07) is 54.5. The molecule has 0 N–H and O–H groups in total. The Hall–Kier alpha value is -5.58. The highest BCUT2D eigenvalue weighted by molar-refractivity contribution is 7.02. The van der Waals surface area contributed by atoms with Crippen molar-refractivity contribution in [2.45, 2.75) is 13.1 Å². The molecule has 3 nitrogen and oxygen atoms in total. The molecule has 0 atom stereocenters. The van der Waals surface area contributed by atoms with Crippen LogP contribution in [0.15, 0.2) is 152 Å². The molecule has 2 heterocycles. The first-order valence-electron chi connectivity index (χ1n) is 15.9. The molecule has 7 aromatic carbocycles. The van der Waals surface area contributed by atoms with Crippen molar-refractivity contribution in [2.24, 2.45) is 0 Å². The zero-order valence-corrected chi connectivity index (χ0v) is 26.8. The standard InChI is InChI=1S/C42H31N3Si/c1-46(2)38-20-9-7-18-36(38)45(37-19-8-10-21-39(37)46)31-25-22-30(23-26-31)42-43-40-33-16-6-4-13-29(33)24-27-35(40)41(44-42)34-17-11-14-28-12-3-5-15-32(28)34/h3-27H,1-2H3. The number of para-hydroxylation sites is 2. The average molecular weight is 606 g/mol. The lowest BCUT2D eigenvalue weighted by molar-refractivity contribution is 1.23. The van der Waals surface area contributed by atoms with Crippen LogP contribution in [0.25, 0.3) is 55.1 Å². The highest BCUT2D eigenvalue weighted by Gasteiger charge is 2.38. The van der Waals surface area contributed by atoms with Crippen LogP contribution in [0.4, 0.5) is 17.1 Å². The first kappa shape index (κ1) is 26.8. The third kappa shape index (κ3) is 4.04. The van der Waals surface area contributed by atoms with Crippen LogP contribution in [-0.4, -0.2) is 18.0 Å². The number of hydrogen-bond acceptors (Lipinski definition) is 3. The fourth-order valence-corrected chi connectivity index (χ4v) is 10.3. The lowest BCUT2D eigenvalue weighted by Gasteiger charge is -2.41. The van der Waals surface area contributed by atoms with Crippen molar-refractivity contribution in [1.82, 2.24) is 9.97 Å². The summed E-state index contributed by atoms with van der Waals surface area (Å²) in [5.41, 5.74) is 7.72. The number of fused-ring (bicyclic) bond motifs is 6. The molecule has 1 aliphatic rings. The maximum absolute atomic E-state index is 5.31. The average Bonchev–Trinajstić information content (AvgIpc) is 3.11. The number of rotatable bonds is 3. The molecule has 218 valence electrons. The molecule has 1 aromatic heterocycles. The van der Waals surface area contributed by atoms with Gasteiger partial charge in [-0.1, -0.05) is 122 Å². The van der Waals surface area contributed by atoms with Crippen molar-refractivity contribution in [1.29, 1.82) is 0 Å². The Morgan fingerprint density at radius 2 is 1.07 bits per heavy atom. The predicted molar refractivity (Wildman–Crippen MR) is 197 cm³/mol. The van der Waals surface area contributed by atoms with Gasteiger partial charge < -0.3 is 4.90 Å². The largest absolute Gasteiger partial charge is 0.311 e. The highest BCUT2D eigenvalue weighted by Crippen LogP contribution is 2.40. The molecule has 0 saturated heterocycles. The molecule has 0 amide bonds. The maximum Gasteiger partial charge on any atom is 0.160 e. The van der Waals surface area contributed by atoms with Gasteiger partial charge in [0.05, 0.1) is 11.2 Å². The molecule has 46 heavy (non-hydrogen) atoms. The summed E-state index contributed by atoms with van der Waals surface area (Å²) in [7, 11) is -1.84. The minimum absolute atomic E-state index is 0.728. The van der Waals surface area contributed by atoms with Gasteiger partial charge in [-0.2, -0.15) is 0 Å². The number of aromatic nitrogens is 2. The smallest absolute Gasteiger partial charge is 0.160 e. The molecule has 4 heteroatoms. The van der Waals surface area contributed by atoms with Crippen LogP contribution in [-0.2, 0) is 0 Å². The van der Waals surface area contributed by atoms with Crippen LogP contribution >= 0.6 is 0 Å². The minimum atomic E-state index is -1.84. The van der Waals surface area contributed by atoms with Crippen molar-refractivity contribution in [3.8, 4) is 22.6 Å². The SMILES string of the molecule is C[Si]1(C)c2ccccc2N(c2ccc(-c3nc(-c4cccc5ccccc45)c4ccc5ccccc5c4n3)cc2)c2ccccc21. The van der Waals surface area contributed by atoms with E-state index in [4.69, 9.17) is 9.97 Å². The summed E-state index contributed by atoms with van der Waals surface area (Å²) in [6.07, 6.45) is 0. The Kier molecular flexibility index (Phi) is 5.96. The molecule has 0 unspecified atom stereocenters. The monoisotopic (exact) mass is 605 g/mol. The zero-order valence-electron chi connectivity index (χ0n) is 25.8. The molecule has 0 aliphatic carbocycles. The maximum atomic E-state index is 5.31. The number of nitrogens with zero attached hydrogens (tertiary/aromatic N) is 3. The minimum Gasteiger partial charge on any atom is -0.311 e. The van der Waals surface area contributed by atoms with E-state index in [2.05, 4.69) is 170 Å². The van der Waals surface area contributed by atoms with E-state index in [1.807, 2.05) is 0 Å². The van der Waals surface area contributed by atoms with E-state index in [-0.39, 0.29) is 0 Å². The van der Waals surface area contributed by atoms with Crippen LogP contribution in [0.5, 0.6) is 0 Å². The van der Waals surface area contributed by atoms with Gasteiger partial charge in [-0.25, -0.2) is 9.97 Å². The Morgan fingerprint density at radius 1 is 0.478 bits per heavy atom. The summed E-state index contributed by atoms with van der Waals surface area (Å²) in [6.45, 7) is 4.92. The van der Waals surface area contributed by atoms with Crippen LogP contribution in [0.3, 0.4) is 0 Å². The lowest BCUT2D eigenvalue weighted by atomic mass is 9.97. The third-order valence-electron chi connectivity index (χ3n) is 9.66. The Morgan fingerprint density at radius 3 is 1.78 bits per heavy atom. The zero-order chi connectivity index (χ0) is 30.8.